The number of hydrogen-bond acceptors (Lipinski definition) is 6. The summed E-state index contributed by atoms with van der Waals surface area (Å²) in [5.41, 5.74) is 1.12. The Kier molecular flexibility index (Phi) is 5.75. The molecule has 1 aromatic carbocycles. The van der Waals surface area contributed by atoms with E-state index in [1.807, 2.05) is 18.3 Å². The van der Waals surface area contributed by atoms with Gasteiger partial charge in [-0.25, -0.2) is 8.42 Å². The molecular formula is C18H23N3O4S. The third-order valence-electron chi connectivity index (χ3n) is 4.45. The van der Waals surface area contributed by atoms with Crippen molar-refractivity contribution >= 4 is 10.0 Å². The molecule has 3 rings (SSSR count). The molecule has 2 aromatic rings. The number of hydrogen-bond donors (Lipinski definition) is 0. The fraction of sp³-hybridized carbons (Fsp3) is 0.389. The van der Waals surface area contributed by atoms with Crippen molar-refractivity contribution in [1.29, 1.82) is 0 Å². The minimum atomic E-state index is -3.64. The van der Waals surface area contributed by atoms with Gasteiger partial charge in [-0.1, -0.05) is 6.07 Å². The van der Waals surface area contributed by atoms with Crippen molar-refractivity contribution in [2.75, 3.05) is 40.4 Å². The van der Waals surface area contributed by atoms with E-state index < -0.39 is 10.0 Å². The van der Waals surface area contributed by atoms with E-state index in [2.05, 4.69) is 9.88 Å². The van der Waals surface area contributed by atoms with Crippen LogP contribution in [0.4, 0.5) is 0 Å². The molecule has 0 saturated carbocycles. The van der Waals surface area contributed by atoms with Gasteiger partial charge in [0, 0.05) is 51.2 Å². The maximum atomic E-state index is 13.1. The van der Waals surface area contributed by atoms with Crippen LogP contribution in [0, 0.1) is 0 Å². The van der Waals surface area contributed by atoms with Gasteiger partial charge in [0.2, 0.25) is 10.0 Å². The van der Waals surface area contributed by atoms with Gasteiger partial charge >= 0.3 is 0 Å². The molecule has 0 amide bonds. The first-order valence-electron chi connectivity index (χ1n) is 8.38. The molecule has 1 aliphatic rings. The summed E-state index contributed by atoms with van der Waals surface area (Å²) in [6, 6.07) is 8.74. The van der Waals surface area contributed by atoms with E-state index in [0.29, 0.717) is 37.7 Å². The maximum Gasteiger partial charge on any atom is 0.246 e. The third kappa shape index (κ3) is 3.98. The third-order valence-corrected chi connectivity index (χ3v) is 6.37. The lowest BCUT2D eigenvalue weighted by Gasteiger charge is -2.34. The van der Waals surface area contributed by atoms with Crippen LogP contribution in [0.3, 0.4) is 0 Å². The van der Waals surface area contributed by atoms with Crippen LogP contribution in [-0.2, 0) is 16.6 Å². The summed E-state index contributed by atoms with van der Waals surface area (Å²) in [4.78, 5) is 6.49. The predicted molar refractivity (Wildman–Crippen MR) is 97.8 cm³/mol. The van der Waals surface area contributed by atoms with Gasteiger partial charge in [0.1, 0.15) is 16.4 Å². The van der Waals surface area contributed by atoms with Crippen LogP contribution in [0.25, 0.3) is 0 Å². The molecule has 0 N–H and O–H groups in total. The fourth-order valence-corrected chi connectivity index (χ4v) is 4.60. The topological polar surface area (TPSA) is 72.0 Å². The maximum absolute atomic E-state index is 13.1. The van der Waals surface area contributed by atoms with Crippen LogP contribution in [-0.4, -0.2) is 63.0 Å². The highest BCUT2D eigenvalue weighted by Gasteiger charge is 2.31. The average molecular weight is 377 g/mol. The van der Waals surface area contributed by atoms with Crippen LogP contribution in [0.2, 0.25) is 0 Å². The van der Waals surface area contributed by atoms with Crippen molar-refractivity contribution < 1.29 is 17.9 Å². The van der Waals surface area contributed by atoms with Crippen LogP contribution in [0.5, 0.6) is 11.5 Å². The fourth-order valence-electron chi connectivity index (χ4n) is 3.00. The molecule has 0 unspecified atom stereocenters. The highest BCUT2D eigenvalue weighted by molar-refractivity contribution is 7.89. The Morgan fingerprint density at radius 2 is 1.85 bits per heavy atom. The van der Waals surface area contributed by atoms with Gasteiger partial charge in [-0.15, -0.1) is 0 Å². The van der Waals surface area contributed by atoms with E-state index in [1.165, 1.54) is 24.6 Å². The summed E-state index contributed by atoms with van der Waals surface area (Å²) in [5, 5.41) is 0. The quantitative estimate of drug-likeness (QED) is 0.762. The lowest BCUT2D eigenvalue weighted by molar-refractivity contribution is 0.181. The number of rotatable bonds is 6. The lowest BCUT2D eigenvalue weighted by Crippen LogP contribution is -2.48. The second-order valence-electron chi connectivity index (χ2n) is 6.06. The van der Waals surface area contributed by atoms with E-state index >= 15 is 0 Å². The standard InChI is InChI=1S/C18H23N3O4S/c1-24-16-5-6-17(25-2)18(12-16)26(22,23)21-10-8-20(9-11-21)14-15-4-3-7-19-13-15/h3-7,12-13H,8-11,14H2,1-2H3. The largest absolute Gasteiger partial charge is 0.497 e. The molecule has 0 bridgehead atoms. The van der Waals surface area contributed by atoms with Crippen molar-refractivity contribution in [1.82, 2.24) is 14.2 Å². The van der Waals surface area contributed by atoms with Crippen LogP contribution in [0.15, 0.2) is 47.6 Å². The van der Waals surface area contributed by atoms with Gasteiger partial charge in [-0.2, -0.15) is 4.31 Å². The number of sulfonamides is 1. The normalized spacial score (nSPS) is 16.4. The highest BCUT2D eigenvalue weighted by atomic mass is 32.2. The first-order valence-corrected chi connectivity index (χ1v) is 9.82. The summed E-state index contributed by atoms with van der Waals surface area (Å²) >= 11 is 0. The SMILES string of the molecule is COc1ccc(OC)c(S(=O)(=O)N2CCN(Cc3cccnc3)CC2)c1. The number of aromatic nitrogens is 1. The van der Waals surface area contributed by atoms with E-state index in [1.54, 1.807) is 18.3 Å². The molecule has 1 aromatic heterocycles. The highest BCUT2D eigenvalue weighted by Crippen LogP contribution is 2.31. The molecular weight excluding hydrogens is 354 g/mol. The van der Waals surface area contributed by atoms with Gasteiger partial charge in [-0.3, -0.25) is 9.88 Å². The Morgan fingerprint density at radius 1 is 1.08 bits per heavy atom. The van der Waals surface area contributed by atoms with E-state index in [0.717, 1.165) is 12.1 Å². The summed E-state index contributed by atoms with van der Waals surface area (Å²) in [6.07, 6.45) is 3.58. The second-order valence-corrected chi connectivity index (χ2v) is 7.96. The second kappa shape index (κ2) is 8.03. The van der Waals surface area contributed by atoms with Crippen LogP contribution >= 0.6 is 0 Å². The molecule has 0 atom stereocenters. The number of piperazine rings is 1. The van der Waals surface area contributed by atoms with Crippen molar-refractivity contribution in [3.05, 3.63) is 48.3 Å². The van der Waals surface area contributed by atoms with E-state index in [9.17, 15) is 8.42 Å². The molecule has 0 spiro atoms. The minimum absolute atomic E-state index is 0.139. The molecule has 1 saturated heterocycles. The van der Waals surface area contributed by atoms with Gasteiger partial charge in [-0.05, 0) is 23.8 Å². The van der Waals surface area contributed by atoms with Crippen molar-refractivity contribution in [3.8, 4) is 11.5 Å². The minimum Gasteiger partial charge on any atom is -0.497 e. The van der Waals surface area contributed by atoms with E-state index in [4.69, 9.17) is 9.47 Å². The number of ether oxygens (including phenoxy) is 2. The van der Waals surface area contributed by atoms with Gasteiger partial charge in [0.15, 0.2) is 0 Å². The molecule has 1 fully saturated rings. The summed E-state index contributed by atoms with van der Waals surface area (Å²) in [7, 11) is -0.670. The van der Waals surface area contributed by atoms with E-state index in [-0.39, 0.29) is 4.90 Å². The number of nitrogens with zero attached hydrogens (tertiary/aromatic N) is 3. The van der Waals surface area contributed by atoms with Gasteiger partial charge in [0.05, 0.1) is 14.2 Å². The molecule has 1 aliphatic heterocycles. The average Bonchev–Trinajstić information content (AvgIpc) is 2.68. The Morgan fingerprint density at radius 3 is 2.46 bits per heavy atom. The molecule has 2 heterocycles. The Hall–Kier alpha value is -2.16. The van der Waals surface area contributed by atoms with Gasteiger partial charge < -0.3 is 9.47 Å². The Labute approximate surface area is 154 Å². The smallest absolute Gasteiger partial charge is 0.246 e. The van der Waals surface area contributed by atoms with Crippen LogP contribution < -0.4 is 9.47 Å². The molecule has 7 nitrogen and oxygen atoms in total. The molecule has 0 radical (unpaired) electrons. The number of pyridine rings is 1. The molecule has 8 heteroatoms. The Bertz CT molecular complexity index is 835. The lowest BCUT2D eigenvalue weighted by atomic mass is 10.2. The zero-order valence-corrected chi connectivity index (χ0v) is 15.8. The van der Waals surface area contributed by atoms with Crippen LogP contribution in [0.1, 0.15) is 5.56 Å². The Balaban J connectivity index is 1.72. The number of methoxy groups -OCH3 is 2. The number of benzene rings is 1. The van der Waals surface area contributed by atoms with Gasteiger partial charge in [0.25, 0.3) is 0 Å². The first-order chi connectivity index (χ1) is 12.5. The van der Waals surface area contributed by atoms with Crippen molar-refractivity contribution in [3.63, 3.8) is 0 Å². The van der Waals surface area contributed by atoms with Crippen molar-refractivity contribution in [2.45, 2.75) is 11.4 Å². The summed E-state index contributed by atoms with van der Waals surface area (Å²) < 4.78 is 38.0. The molecule has 0 aliphatic carbocycles. The summed E-state index contributed by atoms with van der Waals surface area (Å²) in [6.45, 7) is 2.97. The predicted octanol–water partition coefficient (Wildman–Crippen LogP) is 1.61. The molecule has 140 valence electrons. The zero-order valence-electron chi connectivity index (χ0n) is 15.0. The molecule has 26 heavy (non-hydrogen) atoms. The zero-order chi connectivity index (χ0) is 18.6. The first kappa shape index (κ1) is 18.6. The summed E-state index contributed by atoms with van der Waals surface area (Å²) in [5.74, 6) is 0.808. The monoisotopic (exact) mass is 377 g/mol. The van der Waals surface area contributed by atoms with Crippen molar-refractivity contribution in [2.24, 2.45) is 0 Å².